The van der Waals surface area contributed by atoms with Crippen molar-refractivity contribution in [1.29, 1.82) is 5.26 Å². The maximum absolute atomic E-state index is 12.0. The molecule has 0 fully saturated rings. The molecule has 0 aliphatic carbocycles. The van der Waals surface area contributed by atoms with E-state index >= 15 is 0 Å². The van der Waals surface area contributed by atoms with E-state index in [4.69, 9.17) is 10.00 Å². The predicted molar refractivity (Wildman–Crippen MR) is 102 cm³/mol. The number of hydrogen-bond donors (Lipinski definition) is 0. The molecule has 1 amide bonds. The van der Waals surface area contributed by atoms with Crippen LogP contribution in [0.5, 0.6) is 0 Å². The van der Waals surface area contributed by atoms with Crippen LogP contribution in [-0.4, -0.2) is 36.5 Å². The van der Waals surface area contributed by atoms with Crippen LogP contribution in [0.3, 0.4) is 0 Å². The third-order valence-electron chi connectivity index (χ3n) is 3.64. The van der Waals surface area contributed by atoms with Crippen molar-refractivity contribution in [1.82, 2.24) is 4.90 Å². The molecule has 26 heavy (non-hydrogen) atoms. The second-order valence-electron chi connectivity index (χ2n) is 5.65. The van der Waals surface area contributed by atoms with Crippen molar-refractivity contribution >= 4 is 29.3 Å². The first-order valence-electron chi connectivity index (χ1n) is 8.17. The van der Waals surface area contributed by atoms with Gasteiger partial charge in [0.25, 0.3) is 5.91 Å². The summed E-state index contributed by atoms with van der Waals surface area (Å²) in [5.41, 5.74) is 1.12. The Morgan fingerprint density at radius 3 is 2.69 bits per heavy atom. The normalized spacial score (nSPS) is 11.7. The highest BCUT2D eigenvalue weighted by atomic mass is 32.1. The molecule has 0 saturated heterocycles. The summed E-state index contributed by atoms with van der Waals surface area (Å²) in [7, 11) is 1.58. The summed E-state index contributed by atoms with van der Waals surface area (Å²) in [6.45, 7) is 1.83. The van der Waals surface area contributed by atoms with E-state index in [9.17, 15) is 9.59 Å². The summed E-state index contributed by atoms with van der Waals surface area (Å²) >= 11 is 1.57. The number of benzene rings is 1. The number of nitriles is 1. The molecule has 0 saturated carbocycles. The minimum absolute atomic E-state index is 0.241. The SMILES string of the molecule is C[C@H](OC(=O)/C=C/c1ccc(-c2ccccc2)s1)C(=O)N(C)CCC#N. The minimum Gasteiger partial charge on any atom is -0.449 e. The second-order valence-corrected chi connectivity index (χ2v) is 6.76. The van der Waals surface area contributed by atoms with E-state index in [0.29, 0.717) is 6.54 Å². The van der Waals surface area contributed by atoms with Crippen LogP contribution >= 0.6 is 11.3 Å². The Kier molecular flexibility index (Phi) is 7.12. The van der Waals surface area contributed by atoms with Gasteiger partial charge in [-0.05, 0) is 30.7 Å². The molecule has 2 aromatic rings. The van der Waals surface area contributed by atoms with Crippen molar-refractivity contribution < 1.29 is 14.3 Å². The molecule has 0 aliphatic rings. The van der Waals surface area contributed by atoms with Crippen LogP contribution in [0.1, 0.15) is 18.2 Å². The van der Waals surface area contributed by atoms with E-state index in [1.807, 2.05) is 48.5 Å². The van der Waals surface area contributed by atoms with Gasteiger partial charge in [-0.1, -0.05) is 30.3 Å². The van der Waals surface area contributed by atoms with Gasteiger partial charge in [0.1, 0.15) is 0 Å². The van der Waals surface area contributed by atoms with E-state index in [0.717, 1.165) is 15.3 Å². The van der Waals surface area contributed by atoms with Crippen LogP contribution < -0.4 is 0 Å². The fraction of sp³-hybridized carbons (Fsp3) is 0.250. The van der Waals surface area contributed by atoms with Gasteiger partial charge in [0.15, 0.2) is 6.10 Å². The van der Waals surface area contributed by atoms with Crippen LogP contribution in [0.4, 0.5) is 0 Å². The third-order valence-corrected chi connectivity index (χ3v) is 4.74. The van der Waals surface area contributed by atoms with Gasteiger partial charge in [0.2, 0.25) is 0 Å². The number of hydrogen-bond acceptors (Lipinski definition) is 5. The van der Waals surface area contributed by atoms with Crippen molar-refractivity contribution in [3.8, 4) is 16.5 Å². The first-order valence-corrected chi connectivity index (χ1v) is 8.99. The highest BCUT2D eigenvalue weighted by Crippen LogP contribution is 2.28. The molecule has 0 unspecified atom stereocenters. The molecule has 0 radical (unpaired) electrons. The Bertz CT molecular complexity index is 821. The van der Waals surface area contributed by atoms with Crippen LogP contribution in [0.2, 0.25) is 0 Å². The van der Waals surface area contributed by atoms with Gasteiger partial charge in [-0.2, -0.15) is 5.26 Å². The highest BCUT2D eigenvalue weighted by molar-refractivity contribution is 7.16. The minimum atomic E-state index is -0.890. The molecule has 0 bridgehead atoms. The number of rotatable bonds is 7. The first-order chi connectivity index (χ1) is 12.5. The van der Waals surface area contributed by atoms with Gasteiger partial charge in [0, 0.05) is 29.4 Å². The zero-order valence-corrected chi connectivity index (χ0v) is 15.5. The van der Waals surface area contributed by atoms with Crippen molar-refractivity contribution in [2.24, 2.45) is 0 Å². The molecule has 1 atom stereocenters. The molecule has 1 aromatic heterocycles. The molecule has 2 rings (SSSR count). The molecule has 1 heterocycles. The van der Waals surface area contributed by atoms with Crippen LogP contribution in [0, 0.1) is 11.3 Å². The molecule has 0 N–H and O–H groups in total. The second kappa shape index (κ2) is 9.54. The summed E-state index contributed by atoms with van der Waals surface area (Å²) in [5.74, 6) is -0.904. The number of esters is 1. The Morgan fingerprint density at radius 2 is 2.00 bits per heavy atom. The summed E-state index contributed by atoms with van der Waals surface area (Å²) in [6, 6.07) is 15.9. The molecule has 134 valence electrons. The van der Waals surface area contributed by atoms with Gasteiger partial charge in [0.05, 0.1) is 12.5 Å². The summed E-state index contributed by atoms with van der Waals surface area (Å²) in [5, 5.41) is 8.55. The van der Waals surface area contributed by atoms with E-state index in [1.54, 1.807) is 24.5 Å². The summed E-state index contributed by atoms with van der Waals surface area (Å²) in [4.78, 5) is 27.4. The third kappa shape index (κ3) is 5.57. The molecular formula is C20H20N2O3S. The topological polar surface area (TPSA) is 70.4 Å². The monoisotopic (exact) mass is 368 g/mol. The van der Waals surface area contributed by atoms with Crippen molar-refractivity contribution in [2.45, 2.75) is 19.4 Å². The Hall–Kier alpha value is -2.91. The van der Waals surface area contributed by atoms with Gasteiger partial charge in [-0.15, -0.1) is 11.3 Å². The van der Waals surface area contributed by atoms with Gasteiger partial charge in [-0.3, -0.25) is 4.79 Å². The summed E-state index contributed by atoms with van der Waals surface area (Å²) in [6.07, 6.45) is 2.35. The highest BCUT2D eigenvalue weighted by Gasteiger charge is 2.20. The first kappa shape index (κ1) is 19.4. The number of carbonyl (C=O) groups excluding carboxylic acids is 2. The lowest BCUT2D eigenvalue weighted by atomic mass is 10.2. The Labute approximate surface area is 157 Å². The van der Waals surface area contributed by atoms with Gasteiger partial charge >= 0.3 is 5.97 Å². The van der Waals surface area contributed by atoms with E-state index in [-0.39, 0.29) is 12.3 Å². The average molecular weight is 368 g/mol. The molecule has 6 heteroatoms. The van der Waals surface area contributed by atoms with Gasteiger partial charge < -0.3 is 9.64 Å². The fourth-order valence-electron chi connectivity index (χ4n) is 2.25. The maximum atomic E-state index is 12.0. The maximum Gasteiger partial charge on any atom is 0.331 e. The lowest BCUT2D eigenvalue weighted by Gasteiger charge is -2.19. The molecule has 0 spiro atoms. The van der Waals surface area contributed by atoms with Crippen LogP contribution in [0.25, 0.3) is 16.5 Å². The van der Waals surface area contributed by atoms with Gasteiger partial charge in [-0.25, -0.2) is 4.79 Å². The summed E-state index contributed by atoms with van der Waals surface area (Å²) < 4.78 is 5.13. The zero-order chi connectivity index (χ0) is 18.9. The largest absolute Gasteiger partial charge is 0.449 e. The number of nitrogens with zero attached hydrogens (tertiary/aromatic N) is 2. The number of thiophene rings is 1. The molecule has 0 aliphatic heterocycles. The van der Waals surface area contributed by atoms with Crippen LogP contribution in [0.15, 0.2) is 48.5 Å². The van der Waals surface area contributed by atoms with Crippen molar-refractivity contribution in [3.05, 3.63) is 53.4 Å². The quantitative estimate of drug-likeness (QED) is 0.551. The van der Waals surface area contributed by atoms with Crippen LogP contribution in [-0.2, 0) is 14.3 Å². The average Bonchev–Trinajstić information content (AvgIpc) is 3.13. The number of likely N-dealkylation sites (N-methyl/N-ethyl adjacent to an activating group) is 1. The molecular weight excluding hydrogens is 348 g/mol. The Balaban J connectivity index is 1.90. The number of ether oxygens (including phenoxy) is 1. The number of carbonyl (C=O) groups is 2. The van der Waals surface area contributed by atoms with E-state index in [2.05, 4.69) is 0 Å². The van der Waals surface area contributed by atoms with Crippen molar-refractivity contribution in [3.63, 3.8) is 0 Å². The van der Waals surface area contributed by atoms with Crippen molar-refractivity contribution in [2.75, 3.05) is 13.6 Å². The lowest BCUT2D eigenvalue weighted by Crippen LogP contribution is -2.37. The molecule has 1 aromatic carbocycles. The smallest absolute Gasteiger partial charge is 0.331 e. The number of amides is 1. The fourth-order valence-corrected chi connectivity index (χ4v) is 3.17. The lowest BCUT2D eigenvalue weighted by molar-refractivity contribution is -0.154. The van der Waals surface area contributed by atoms with E-state index < -0.39 is 12.1 Å². The Morgan fingerprint density at radius 1 is 1.27 bits per heavy atom. The molecule has 5 nitrogen and oxygen atoms in total. The standard InChI is InChI=1S/C20H20N2O3S/c1-15(20(24)22(2)14-6-13-21)25-19(23)12-10-17-9-11-18(26-17)16-7-4-3-5-8-16/h3-5,7-12,15H,6,14H2,1-2H3/b12-10+/t15-/m0/s1. The van der Waals surface area contributed by atoms with E-state index in [1.165, 1.54) is 17.9 Å². The predicted octanol–water partition coefficient (Wildman–Crippen LogP) is 3.73. The zero-order valence-electron chi connectivity index (χ0n) is 14.7.